The molecule has 0 amide bonds. The van der Waals surface area contributed by atoms with Gasteiger partial charge < -0.3 is 10.2 Å². The topological polar surface area (TPSA) is 66.6 Å². The molecule has 0 aliphatic rings. The summed E-state index contributed by atoms with van der Waals surface area (Å²) in [5, 5.41) is 8.83. The van der Waals surface area contributed by atoms with E-state index in [1.807, 2.05) is 6.07 Å². The summed E-state index contributed by atoms with van der Waals surface area (Å²) in [5.74, 6) is 2.07. The largest absolute Gasteiger partial charge is 0.410 e. The van der Waals surface area contributed by atoms with Crippen LogP contribution in [-0.2, 0) is 5.75 Å². The van der Waals surface area contributed by atoms with Crippen LogP contribution < -0.4 is 5.73 Å². The van der Waals surface area contributed by atoms with Crippen LogP contribution in [0.4, 0.5) is 0 Å². The SMILES string of the molecule is Cc1ccccc1CSc1nnc([C@@H]([NH3+])CC(C)C)o1. The van der Waals surface area contributed by atoms with Crippen molar-refractivity contribution in [3.8, 4) is 0 Å². The molecule has 0 saturated heterocycles. The van der Waals surface area contributed by atoms with Crippen molar-refractivity contribution in [2.45, 2.75) is 44.2 Å². The molecule has 0 fully saturated rings. The Morgan fingerprint density at radius 2 is 2.00 bits per heavy atom. The minimum absolute atomic E-state index is 0.0790. The summed E-state index contributed by atoms with van der Waals surface area (Å²) in [7, 11) is 0. The van der Waals surface area contributed by atoms with Crippen molar-refractivity contribution in [3.05, 3.63) is 41.3 Å². The molecule has 0 aliphatic carbocycles. The fourth-order valence-corrected chi connectivity index (χ4v) is 2.87. The van der Waals surface area contributed by atoms with Gasteiger partial charge in [0.25, 0.3) is 11.1 Å². The predicted octanol–water partition coefficient (Wildman–Crippen LogP) is 3.00. The zero-order chi connectivity index (χ0) is 14.5. The van der Waals surface area contributed by atoms with Gasteiger partial charge >= 0.3 is 0 Å². The number of nitrogens with zero attached hydrogens (tertiary/aromatic N) is 2. The lowest BCUT2D eigenvalue weighted by Gasteiger charge is -2.06. The highest BCUT2D eigenvalue weighted by Gasteiger charge is 2.19. The average molecular weight is 292 g/mol. The Bertz CT molecular complexity index is 554. The first-order valence-corrected chi connectivity index (χ1v) is 7.88. The smallest absolute Gasteiger partial charge is 0.277 e. The van der Waals surface area contributed by atoms with Crippen LogP contribution in [0, 0.1) is 12.8 Å². The highest BCUT2D eigenvalue weighted by molar-refractivity contribution is 7.98. The standard InChI is InChI=1S/C15H21N3OS/c1-10(2)8-13(16)14-17-18-15(19-14)20-9-12-7-5-4-6-11(12)3/h4-7,10,13H,8-9,16H2,1-3H3/p+1/t13-/m0/s1. The monoisotopic (exact) mass is 292 g/mol. The van der Waals surface area contributed by atoms with Crippen molar-refractivity contribution >= 4 is 11.8 Å². The molecule has 108 valence electrons. The molecule has 5 heteroatoms. The molecule has 2 aromatic rings. The van der Waals surface area contributed by atoms with Crippen LogP contribution >= 0.6 is 11.8 Å². The van der Waals surface area contributed by atoms with Gasteiger partial charge in [-0.15, -0.1) is 10.2 Å². The normalized spacial score (nSPS) is 12.8. The molecular formula is C15H22N3OS+. The minimum Gasteiger partial charge on any atom is -0.410 e. The van der Waals surface area contributed by atoms with E-state index >= 15 is 0 Å². The lowest BCUT2D eigenvalue weighted by Crippen LogP contribution is -2.54. The molecule has 0 spiro atoms. The van der Waals surface area contributed by atoms with E-state index in [-0.39, 0.29) is 6.04 Å². The van der Waals surface area contributed by atoms with Crippen molar-refractivity contribution in [3.63, 3.8) is 0 Å². The number of aryl methyl sites for hydroxylation is 1. The highest BCUT2D eigenvalue weighted by atomic mass is 32.2. The summed E-state index contributed by atoms with van der Waals surface area (Å²) in [6, 6.07) is 8.42. The molecule has 3 N–H and O–H groups in total. The number of aromatic nitrogens is 2. The van der Waals surface area contributed by atoms with E-state index in [4.69, 9.17) is 4.42 Å². The van der Waals surface area contributed by atoms with Crippen LogP contribution in [0.3, 0.4) is 0 Å². The molecule has 0 unspecified atom stereocenters. The van der Waals surface area contributed by atoms with E-state index in [1.54, 1.807) is 11.8 Å². The molecule has 0 bridgehead atoms. The first-order valence-electron chi connectivity index (χ1n) is 6.90. The molecule has 4 nitrogen and oxygen atoms in total. The Labute approximate surface area is 124 Å². The minimum atomic E-state index is 0.0790. The Morgan fingerprint density at radius 3 is 2.70 bits per heavy atom. The summed E-state index contributed by atoms with van der Waals surface area (Å²) in [6.07, 6.45) is 0.962. The lowest BCUT2D eigenvalue weighted by atomic mass is 10.1. The quantitative estimate of drug-likeness (QED) is 0.831. The molecule has 0 aliphatic heterocycles. The van der Waals surface area contributed by atoms with Gasteiger partial charge in [0.1, 0.15) is 0 Å². The maximum absolute atomic E-state index is 5.69. The van der Waals surface area contributed by atoms with Crippen molar-refractivity contribution in [2.24, 2.45) is 5.92 Å². The van der Waals surface area contributed by atoms with Crippen molar-refractivity contribution in [2.75, 3.05) is 0 Å². The number of quaternary nitrogens is 1. The fraction of sp³-hybridized carbons (Fsp3) is 0.467. The van der Waals surface area contributed by atoms with Gasteiger partial charge in [0, 0.05) is 12.2 Å². The van der Waals surface area contributed by atoms with Gasteiger partial charge in [0.15, 0.2) is 6.04 Å². The zero-order valence-corrected chi connectivity index (χ0v) is 13.1. The molecule has 1 aromatic heterocycles. The van der Waals surface area contributed by atoms with Crippen LogP contribution in [0.5, 0.6) is 0 Å². The van der Waals surface area contributed by atoms with Crippen LogP contribution in [0.25, 0.3) is 0 Å². The Kier molecular flexibility index (Phi) is 5.20. The van der Waals surface area contributed by atoms with Crippen LogP contribution in [0.1, 0.15) is 43.3 Å². The average Bonchev–Trinajstić information content (AvgIpc) is 2.86. The van der Waals surface area contributed by atoms with Crippen molar-refractivity contribution < 1.29 is 10.2 Å². The first kappa shape index (κ1) is 15.1. The fourth-order valence-electron chi connectivity index (χ4n) is 2.03. The highest BCUT2D eigenvalue weighted by Crippen LogP contribution is 2.25. The molecule has 0 saturated carbocycles. The van der Waals surface area contributed by atoms with E-state index < -0.39 is 0 Å². The molecule has 1 atom stereocenters. The Hall–Kier alpha value is -1.33. The van der Waals surface area contributed by atoms with Gasteiger partial charge in [0.05, 0.1) is 0 Å². The number of hydrogen-bond acceptors (Lipinski definition) is 4. The van der Waals surface area contributed by atoms with Gasteiger partial charge in [-0.05, 0) is 24.0 Å². The zero-order valence-electron chi connectivity index (χ0n) is 12.3. The van der Waals surface area contributed by atoms with Gasteiger partial charge in [-0.25, -0.2) is 0 Å². The third kappa shape index (κ3) is 4.08. The van der Waals surface area contributed by atoms with Crippen LogP contribution in [0.2, 0.25) is 0 Å². The maximum atomic E-state index is 5.69. The Morgan fingerprint density at radius 1 is 1.25 bits per heavy atom. The van der Waals surface area contributed by atoms with Gasteiger partial charge in [0.2, 0.25) is 0 Å². The van der Waals surface area contributed by atoms with Gasteiger partial charge in [-0.3, -0.25) is 0 Å². The second kappa shape index (κ2) is 6.90. The molecule has 0 radical (unpaired) electrons. The van der Waals surface area contributed by atoms with Crippen molar-refractivity contribution in [1.29, 1.82) is 0 Å². The van der Waals surface area contributed by atoms with Crippen molar-refractivity contribution in [1.82, 2.24) is 10.2 Å². The summed E-state index contributed by atoms with van der Waals surface area (Å²) in [5.41, 5.74) is 6.67. The second-order valence-electron chi connectivity index (χ2n) is 5.45. The third-order valence-electron chi connectivity index (χ3n) is 3.14. The molecule has 20 heavy (non-hydrogen) atoms. The van der Waals surface area contributed by atoms with E-state index in [1.165, 1.54) is 11.1 Å². The predicted molar refractivity (Wildman–Crippen MR) is 80.1 cm³/mol. The summed E-state index contributed by atoms with van der Waals surface area (Å²) < 4.78 is 5.69. The molecule has 1 heterocycles. The van der Waals surface area contributed by atoms with Gasteiger partial charge in [-0.2, -0.15) is 0 Å². The van der Waals surface area contributed by atoms with Crippen LogP contribution in [-0.4, -0.2) is 10.2 Å². The first-order chi connectivity index (χ1) is 9.56. The number of hydrogen-bond donors (Lipinski definition) is 1. The summed E-state index contributed by atoms with van der Waals surface area (Å²) >= 11 is 1.58. The number of thioether (sulfide) groups is 1. The van der Waals surface area contributed by atoms with E-state index in [9.17, 15) is 0 Å². The molecular weight excluding hydrogens is 270 g/mol. The Balaban J connectivity index is 1.95. The third-order valence-corrected chi connectivity index (χ3v) is 4.01. The summed E-state index contributed by atoms with van der Waals surface area (Å²) in [6.45, 7) is 6.45. The molecule has 2 rings (SSSR count). The maximum Gasteiger partial charge on any atom is 0.277 e. The van der Waals surface area contributed by atoms with Gasteiger partial charge in [-0.1, -0.05) is 49.9 Å². The lowest BCUT2D eigenvalue weighted by molar-refractivity contribution is -0.435. The molecule has 1 aromatic carbocycles. The van der Waals surface area contributed by atoms with Crippen LogP contribution in [0.15, 0.2) is 33.9 Å². The van der Waals surface area contributed by atoms with E-state index in [0.29, 0.717) is 17.0 Å². The number of rotatable bonds is 6. The number of benzene rings is 1. The second-order valence-corrected chi connectivity index (χ2v) is 6.37. The van der Waals surface area contributed by atoms with E-state index in [0.717, 1.165) is 12.2 Å². The summed E-state index contributed by atoms with van der Waals surface area (Å²) in [4.78, 5) is 0. The van der Waals surface area contributed by atoms with E-state index in [2.05, 4.69) is 54.9 Å².